The van der Waals surface area contributed by atoms with Gasteiger partial charge < -0.3 is 20.5 Å². The Hall–Kier alpha value is -1.59. The summed E-state index contributed by atoms with van der Waals surface area (Å²) in [6.45, 7) is 2.74. The molecule has 110 valence electrons. The summed E-state index contributed by atoms with van der Waals surface area (Å²) in [5, 5.41) is 2.85. The van der Waals surface area contributed by atoms with Crippen LogP contribution in [-0.2, 0) is 9.47 Å². The van der Waals surface area contributed by atoms with E-state index in [0.717, 1.165) is 25.9 Å². The van der Waals surface area contributed by atoms with E-state index in [1.165, 1.54) is 0 Å². The topological polar surface area (TPSA) is 73.6 Å². The fourth-order valence-corrected chi connectivity index (χ4v) is 2.15. The number of amides is 1. The van der Waals surface area contributed by atoms with E-state index >= 15 is 0 Å². The first-order chi connectivity index (χ1) is 9.75. The predicted molar refractivity (Wildman–Crippen MR) is 77.6 cm³/mol. The summed E-state index contributed by atoms with van der Waals surface area (Å²) in [4.78, 5) is 11.8. The van der Waals surface area contributed by atoms with E-state index in [9.17, 15) is 4.79 Å². The summed E-state index contributed by atoms with van der Waals surface area (Å²) in [7, 11) is 0. The van der Waals surface area contributed by atoms with Crippen molar-refractivity contribution in [1.82, 2.24) is 5.32 Å². The molecule has 1 saturated heterocycles. The second-order valence-electron chi connectivity index (χ2n) is 4.94. The molecule has 1 aliphatic rings. The highest BCUT2D eigenvalue weighted by Gasteiger charge is 2.14. The largest absolute Gasteiger partial charge is 0.399 e. The molecule has 20 heavy (non-hydrogen) atoms. The van der Waals surface area contributed by atoms with Gasteiger partial charge in [-0.1, -0.05) is 6.07 Å². The van der Waals surface area contributed by atoms with Gasteiger partial charge in [-0.2, -0.15) is 0 Å². The average Bonchev–Trinajstić information content (AvgIpc) is 2.95. The smallest absolute Gasteiger partial charge is 0.251 e. The number of carbonyl (C=O) groups is 1. The molecule has 0 bridgehead atoms. The van der Waals surface area contributed by atoms with Gasteiger partial charge in [0.2, 0.25) is 0 Å². The lowest BCUT2D eigenvalue weighted by Crippen LogP contribution is -2.25. The first kappa shape index (κ1) is 14.8. The van der Waals surface area contributed by atoms with Crippen molar-refractivity contribution in [3.63, 3.8) is 0 Å². The third-order valence-electron chi connectivity index (χ3n) is 3.23. The molecule has 0 spiro atoms. The minimum atomic E-state index is -0.101. The van der Waals surface area contributed by atoms with Crippen LogP contribution in [0.4, 0.5) is 5.69 Å². The lowest BCUT2D eigenvalue weighted by molar-refractivity contribution is 0.0166. The van der Waals surface area contributed by atoms with E-state index in [-0.39, 0.29) is 12.0 Å². The van der Waals surface area contributed by atoms with Crippen LogP contribution in [0.25, 0.3) is 0 Å². The summed E-state index contributed by atoms with van der Waals surface area (Å²) in [6, 6.07) is 6.95. The van der Waals surface area contributed by atoms with Crippen LogP contribution in [0, 0.1) is 0 Å². The zero-order valence-corrected chi connectivity index (χ0v) is 11.6. The molecule has 5 heteroatoms. The van der Waals surface area contributed by atoms with Crippen molar-refractivity contribution in [2.45, 2.75) is 25.4 Å². The van der Waals surface area contributed by atoms with Crippen molar-refractivity contribution in [1.29, 1.82) is 0 Å². The van der Waals surface area contributed by atoms with Crippen LogP contribution >= 0.6 is 0 Å². The van der Waals surface area contributed by atoms with Gasteiger partial charge in [-0.25, -0.2) is 0 Å². The number of ether oxygens (including phenoxy) is 2. The molecule has 1 aliphatic heterocycles. The number of hydrogen-bond acceptors (Lipinski definition) is 4. The summed E-state index contributed by atoms with van der Waals surface area (Å²) in [5.74, 6) is -0.101. The Morgan fingerprint density at radius 3 is 3.15 bits per heavy atom. The van der Waals surface area contributed by atoms with Crippen LogP contribution in [0.5, 0.6) is 0 Å². The molecular formula is C15H22N2O3. The predicted octanol–water partition coefficient (Wildman–Crippen LogP) is 1.58. The maximum atomic E-state index is 11.8. The third kappa shape index (κ3) is 4.83. The average molecular weight is 278 g/mol. The number of carbonyl (C=O) groups excluding carboxylic acids is 1. The summed E-state index contributed by atoms with van der Waals surface area (Å²) in [5.41, 5.74) is 6.82. The molecule has 5 nitrogen and oxygen atoms in total. The highest BCUT2D eigenvalue weighted by molar-refractivity contribution is 5.94. The number of anilines is 1. The summed E-state index contributed by atoms with van der Waals surface area (Å²) in [6.07, 6.45) is 3.27. The van der Waals surface area contributed by atoms with Crippen LogP contribution in [-0.4, -0.2) is 38.4 Å². The SMILES string of the molecule is Nc1cccc(C(=O)NCCCOCC2CCCO2)c1. The van der Waals surface area contributed by atoms with Gasteiger partial charge in [-0.15, -0.1) is 0 Å². The first-order valence-electron chi connectivity index (χ1n) is 7.09. The fraction of sp³-hybridized carbons (Fsp3) is 0.533. The van der Waals surface area contributed by atoms with E-state index in [4.69, 9.17) is 15.2 Å². The molecule has 1 heterocycles. The number of nitrogens with one attached hydrogen (secondary N) is 1. The van der Waals surface area contributed by atoms with E-state index in [1.54, 1.807) is 24.3 Å². The summed E-state index contributed by atoms with van der Waals surface area (Å²) < 4.78 is 11.0. The van der Waals surface area contributed by atoms with Crippen molar-refractivity contribution in [2.24, 2.45) is 0 Å². The van der Waals surface area contributed by atoms with E-state index in [1.807, 2.05) is 0 Å². The Morgan fingerprint density at radius 1 is 1.50 bits per heavy atom. The molecule has 0 saturated carbocycles. The second-order valence-corrected chi connectivity index (χ2v) is 4.94. The molecule has 0 radical (unpaired) electrons. The van der Waals surface area contributed by atoms with E-state index in [2.05, 4.69) is 5.32 Å². The Kier molecular flexibility index (Phi) is 5.83. The number of nitrogens with two attached hydrogens (primary N) is 1. The Morgan fingerprint density at radius 2 is 2.40 bits per heavy atom. The van der Waals surface area contributed by atoms with Gasteiger partial charge in [0.05, 0.1) is 12.7 Å². The van der Waals surface area contributed by atoms with E-state index in [0.29, 0.717) is 31.0 Å². The molecule has 3 N–H and O–H groups in total. The lowest BCUT2D eigenvalue weighted by atomic mass is 10.2. The molecule has 1 fully saturated rings. The minimum absolute atomic E-state index is 0.101. The van der Waals surface area contributed by atoms with Crippen molar-refractivity contribution >= 4 is 11.6 Å². The molecule has 1 aromatic rings. The molecule has 0 aliphatic carbocycles. The van der Waals surface area contributed by atoms with Gasteiger partial charge in [0.25, 0.3) is 5.91 Å². The minimum Gasteiger partial charge on any atom is -0.399 e. The lowest BCUT2D eigenvalue weighted by Gasteiger charge is -2.10. The van der Waals surface area contributed by atoms with Gasteiger partial charge in [-0.05, 0) is 37.5 Å². The highest BCUT2D eigenvalue weighted by Crippen LogP contribution is 2.11. The number of rotatable bonds is 7. The van der Waals surface area contributed by atoms with Crippen molar-refractivity contribution in [3.05, 3.63) is 29.8 Å². The first-order valence-corrected chi connectivity index (χ1v) is 7.09. The van der Waals surface area contributed by atoms with Gasteiger partial charge in [0.15, 0.2) is 0 Å². The Labute approximate surface area is 119 Å². The maximum Gasteiger partial charge on any atom is 0.251 e. The van der Waals surface area contributed by atoms with Crippen LogP contribution in [0.2, 0.25) is 0 Å². The monoisotopic (exact) mass is 278 g/mol. The van der Waals surface area contributed by atoms with Crippen molar-refractivity contribution in [3.8, 4) is 0 Å². The number of hydrogen-bond donors (Lipinski definition) is 2. The van der Waals surface area contributed by atoms with Crippen molar-refractivity contribution < 1.29 is 14.3 Å². The normalized spacial score (nSPS) is 18.1. The molecule has 1 aromatic carbocycles. The standard InChI is InChI=1S/C15H22N2O3/c16-13-5-1-4-12(10-13)15(18)17-7-3-8-19-11-14-6-2-9-20-14/h1,4-5,10,14H,2-3,6-9,11,16H2,(H,17,18). The Bertz CT molecular complexity index is 431. The fourth-order valence-electron chi connectivity index (χ4n) is 2.15. The summed E-state index contributed by atoms with van der Waals surface area (Å²) >= 11 is 0. The molecule has 1 amide bonds. The van der Waals surface area contributed by atoms with Gasteiger partial charge in [-0.3, -0.25) is 4.79 Å². The van der Waals surface area contributed by atoms with Crippen LogP contribution in [0.15, 0.2) is 24.3 Å². The van der Waals surface area contributed by atoms with Gasteiger partial charge >= 0.3 is 0 Å². The zero-order valence-electron chi connectivity index (χ0n) is 11.6. The van der Waals surface area contributed by atoms with Crippen LogP contribution < -0.4 is 11.1 Å². The molecule has 2 rings (SSSR count). The highest BCUT2D eigenvalue weighted by atomic mass is 16.5. The third-order valence-corrected chi connectivity index (χ3v) is 3.23. The zero-order chi connectivity index (χ0) is 14.2. The second kappa shape index (κ2) is 7.87. The van der Waals surface area contributed by atoms with Crippen molar-refractivity contribution in [2.75, 3.05) is 32.1 Å². The van der Waals surface area contributed by atoms with Gasteiger partial charge in [0.1, 0.15) is 0 Å². The van der Waals surface area contributed by atoms with Crippen LogP contribution in [0.3, 0.4) is 0 Å². The van der Waals surface area contributed by atoms with Gasteiger partial charge in [0, 0.05) is 31.0 Å². The van der Waals surface area contributed by atoms with E-state index < -0.39 is 0 Å². The molecule has 0 aromatic heterocycles. The number of nitrogen functional groups attached to an aromatic ring is 1. The molecule has 1 atom stereocenters. The number of benzene rings is 1. The molecule has 1 unspecified atom stereocenters. The maximum absolute atomic E-state index is 11.8. The van der Waals surface area contributed by atoms with Crippen LogP contribution in [0.1, 0.15) is 29.6 Å². The molecular weight excluding hydrogens is 256 g/mol. The quantitative estimate of drug-likeness (QED) is 0.586. The Balaban J connectivity index is 1.55.